The highest BCUT2D eigenvalue weighted by Crippen LogP contribution is 2.31. The number of pyridine rings is 1. The Morgan fingerprint density at radius 1 is 0.887 bits per heavy atom. The van der Waals surface area contributed by atoms with Gasteiger partial charge in [-0.15, -0.1) is 0 Å². The maximum Gasteiger partial charge on any atom is 0.408 e. The van der Waals surface area contributed by atoms with Crippen molar-refractivity contribution in [1.82, 2.24) is 20.5 Å². The lowest BCUT2D eigenvalue weighted by atomic mass is 9.86. The summed E-state index contributed by atoms with van der Waals surface area (Å²) >= 11 is 0. The first-order valence-electron chi connectivity index (χ1n) is 18.1. The van der Waals surface area contributed by atoms with Gasteiger partial charge in [-0.05, 0) is 96.9 Å². The van der Waals surface area contributed by atoms with E-state index < -0.39 is 24.2 Å². The van der Waals surface area contributed by atoms with Crippen LogP contribution in [0.25, 0.3) is 10.9 Å². The van der Waals surface area contributed by atoms with Gasteiger partial charge < -0.3 is 35.3 Å². The summed E-state index contributed by atoms with van der Waals surface area (Å²) in [6, 6.07) is 30.2. The van der Waals surface area contributed by atoms with Crippen LogP contribution in [0.15, 0.2) is 108 Å². The molecule has 1 unspecified atom stereocenters. The third-order valence-electron chi connectivity index (χ3n) is 10.3. The number of aromatic amines is 1. The van der Waals surface area contributed by atoms with Gasteiger partial charge in [-0.25, -0.2) is 9.59 Å². The zero-order chi connectivity index (χ0) is 36.7. The molecule has 11 nitrogen and oxygen atoms in total. The first kappa shape index (κ1) is 35.9. The number of amides is 1. The predicted octanol–water partition coefficient (Wildman–Crippen LogP) is 5.37. The molecule has 0 saturated carbocycles. The summed E-state index contributed by atoms with van der Waals surface area (Å²) in [6.45, 7) is 3.91. The minimum absolute atomic E-state index is 0.0476. The summed E-state index contributed by atoms with van der Waals surface area (Å²) in [5.74, 6) is -0.116. The van der Waals surface area contributed by atoms with E-state index in [2.05, 4.69) is 20.5 Å². The molecule has 3 fully saturated rings. The minimum Gasteiger partial charge on any atom is -0.506 e. The lowest BCUT2D eigenvalue weighted by molar-refractivity contribution is -0.0336. The van der Waals surface area contributed by atoms with Gasteiger partial charge >= 0.3 is 12.1 Å². The first-order valence-corrected chi connectivity index (χ1v) is 18.1. The number of nitrogens with one attached hydrogen (secondary N) is 3. The van der Waals surface area contributed by atoms with E-state index in [0.29, 0.717) is 47.5 Å². The summed E-state index contributed by atoms with van der Waals surface area (Å²) < 4.78 is 11.6. The number of phenolic OH excluding ortho intramolecular Hbond substituents is 1. The number of ether oxygens (including phenoxy) is 2. The van der Waals surface area contributed by atoms with Gasteiger partial charge in [-0.1, -0.05) is 72.8 Å². The van der Waals surface area contributed by atoms with Gasteiger partial charge in [0.2, 0.25) is 5.56 Å². The van der Waals surface area contributed by atoms with Crippen LogP contribution in [0, 0.1) is 5.92 Å². The number of rotatable bonds is 13. The minimum atomic E-state index is -0.835. The number of hydrogen-bond donors (Lipinski definition) is 5. The number of aliphatic hydroxyl groups excluding tert-OH is 1. The smallest absolute Gasteiger partial charge is 0.408 e. The Kier molecular flexibility index (Phi) is 11.1. The van der Waals surface area contributed by atoms with Crippen molar-refractivity contribution in [3.8, 4) is 5.75 Å². The van der Waals surface area contributed by atoms with Gasteiger partial charge in [0.15, 0.2) is 0 Å². The van der Waals surface area contributed by atoms with Gasteiger partial charge in [0, 0.05) is 24.5 Å². The Morgan fingerprint density at radius 3 is 2.40 bits per heavy atom. The van der Waals surface area contributed by atoms with E-state index in [0.717, 1.165) is 54.7 Å². The molecule has 3 aliphatic rings. The second-order valence-corrected chi connectivity index (χ2v) is 13.8. The molecule has 0 radical (unpaired) electrons. The summed E-state index contributed by atoms with van der Waals surface area (Å²) in [7, 11) is 0. The molecule has 274 valence electrons. The van der Waals surface area contributed by atoms with Crippen molar-refractivity contribution < 1.29 is 29.3 Å². The van der Waals surface area contributed by atoms with E-state index in [1.54, 1.807) is 30.3 Å². The molecule has 53 heavy (non-hydrogen) atoms. The number of alkyl carbamates (subject to hydrolysis) is 1. The van der Waals surface area contributed by atoms with Crippen LogP contribution in [-0.4, -0.2) is 71.0 Å². The number of benzene rings is 4. The van der Waals surface area contributed by atoms with E-state index >= 15 is 0 Å². The van der Waals surface area contributed by atoms with Gasteiger partial charge in [0.25, 0.3) is 0 Å². The van der Waals surface area contributed by atoms with Crippen molar-refractivity contribution in [2.75, 3.05) is 32.7 Å². The fraction of sp³-hybridized carbons (Fsp3) is 0.310. The summed E-state index contributed by atoms with van der Waals surface area (Å²) in [5.41, 5.74) is 4.51. The van der Waals surface area contributed by atoms with Crippen molar-refractivity contribution in [2.24, 2.45) is 5.92 Å². The fourth-order valence-corrected chi connectivity index (χ4v) is 7.35. The van der Waals surface area contributed by atoms with Crippen molar-refractivity contribution in [3.05, 3.63) is 147 Å². The molecule has 0 spiro atoms. The number of aromatic hydroxyl groups is 1. The highest BCUT2D eigenvalue weighted by atomic mass is 16.6. The van der Waals surface area contributed by atoms with Gasteiger partial charge in [-0.3, -0.25) is 9.69 Å². The van der Waals surface area contributed by atoms with Gasteiger partial charge in [-0.2, -0.15) is 0 Å². The lowest BCUT2D eigenvalue weighted by Crippen LogP contribution is -2.52. The number of piperidine rings is 3. The zero-order valence-electron chi connectivity index (χ0n) is 29.4. The molecule has 3 aliphatic heterocycles. The monoisotopic (exact) mass is 716 g/mol. The normalized spacial score (nSPS) is 19.0. The molecule has 2 bridgehead atoms. The number of aliphatic hydroxyl groups is 1. The third-order valence-corrected chi connectivity index (χ3v) is 10.3. The van der Waals surface area contributed by atoms with Crippen molar-refractivity contribution in [2.45, 2.75) is 44.1 Å². The molecule has 1 amide bonds. The van der Waals surface area contributed by atoms with Crippen LogP contribution in [0.3, 0.4) is 0 Å². The number of phenols is 1. The quantitative estimate of drug-likeness (QED) is 0.0800. The van der Waals surface area contributed by atoms with Crippen molar-refractivity contribution in [3.63, 3.8) is 0 Å². The molecule has 5 N–H and O–H groups in total. The number of H-pyrrole nitrogens is 1. The van der Waals surface area contributed by atoms with Crippen LogP contribution in [0.2, 0.25) is 0 Å². The maximum absolute atomic E-state index is 13.2. The molecule has 3 saturated heterocycles. The van der Waals surface area contributed by atoms with Crippen LogP contribution in [0.5, 0.6) is 5.75 Å². The fourth-order valence-electron chi connectivity index (χ4n) is 7.35. The molecule has 5 aromatic rings. The number of hydrogen-bond acceptors (Lipinski definition) is 9. The Morgan fingerprint density at radius 2 is 1.64 bits per heavy atom. The molecular formula is C42H44N4O7. The Hall–Kier alpha value is -5.49. The number of nitrogens with zero attached hydrogens (tertiary/aromatic N) is 1. The summed E-state index contributed by atoms with van der Waals surface area (Å²) in [5, 5.41) is 27.8. The average Bonchev–Trinajstić information content (AvgIpc) is 3.19. The van der Waals surface area contributed by atoms with Crippen molar-refractivity contribution in [1.29, 1.82) is 0 Å². The molecule has 8 rings (SSSR count). The molecule has 4 heterocycles. The van der Waals surface area contributed by atoms with Crippen LogP contribution in [0.4, 0.5) is 4.79 Å². The lowest BCUT2D eigenvalue weighted by Gasteiger charge is -2.43. The summed E-state index contributed by atoms with van der Waals surface area (Å²) in [6.07, 6.45) is 1.39. The molecule has 1 aromatic heterocycles. The highest BCUT2D eigenvalue weighted by molar-refractivity contribution is 5.90. The Labute approximate surface area is 307 Å². The zero-order valence-corrected chi connectivity index (χ0v) is 29.4. The second kappa shape index (κ2) is 16.5. The largest absolute Gasteiger partial charge is 0.506 e. The van der Waals surface area contributed by atoms with Crippen LogP contribution >= 0.6 is 0 Å². The van der Waals surface area contributed by atoms with Gasteiger partial charge in [0.1, 0.15) is 18.5 Å². The Balaban J connectivity index is 0.907. The highest BCUT2D eigenvalue weighted by Gasteiger charge is 2.37. The molecular weight excluding hydrogens is 672 g/mol. The van der Waals surface area contributed by atoms with Crippen LogP contribution < -0.4 is 16.2 Å². The van der Waals surface area contributed by atoms with Crippen LogP contribution in [0.1, 0.15) is 63.2 Å². The van der Waals surface area contributed by atoms with E-state index in [1.165, 1.54) is 12.1 Å². The number of carbonyl (C=O) groups excluding carboxylic acids is 2. The number of esters is 1. The standard InChI is InChI=1S/C42H44N4O7/c47-35-15-13-33(34-14-16-38(49)44-40(34)35)36(48)24-43-20-17-27-9-11-28(12-10-27)26-52-41(50)32-8-4-7-31(23-32)39(30-5-2-1-3-6-30)45-42(51)53-37-25-46-21-18-29(37)19-22-46/h1-16,23,29,36-37,39,43,47-48H,17-22,24-26H2,(H,44,49)(H,45,51)/t36-,37-,39?/m0/s1. The first-order chi connectivity index (χ1) is 25.8. The molecule has 0 aliphatic carbocycles. The summed E-state index contributed by atoms with van der Waals surface area (Å²) in [4.78, 5) is 43.0. The molecule has 3 atom stereocenters. The molecule has 11 heteroatoms. The van der Waals surface area contributed by atoms with Crippen molar-refractivity contribution >= 4 is 23.0 Å². The number of aromatic nitrogens is 1. The van der Waals surface area contributed by atoms with E-state index in [4.69, 9.17) is 9.47 Å². The van der Waals surface area contributed by atoms with E-state index in [9.17, 15) is 24.6 Å². The van der Waals surface area contributed by atoms with Gasteiger partial charge in [0.05, 0.1) is 23.2 Å². The van der Waals surface area contributed by atoms with Crippen LogP contribution in [-0.2, 0) is 22.5 Å². The molecule has 4 aromatic carbocycles. The number of fused-ring (bicyclic) bond motifs is 4. The maximum atomic E-state index is 13.2. The topological polar surface area (TPSA) is 153 Å². The van der Waals surface area contributed by atoms with E-state index in [1.807, 2.05) is 60.7 Å². The second-order valence-electron chi connectivity index (χ2n) is 13.8. The SMILES string of the molecule is O=C(NC(c1ccccc1)c1cccc(C(=O)OCc2ccc(CCNC[C@H](O)c3ccc(O)c4[nH]c(=O)ccc34)cc2)c1)O[C@H]1CN2CCC1CC2. The van der Waals surface area contributed by atoms with E-state index in [-0.39, 0.29) is 24.0 Å². The third kappa shape index (κ3) is 8.77. The predicted molar refractivity (Wildman–Crippen MR) is 201 cm³/mol. The Bertz CT molecular complexity index is 2100. The number of carbonyl (C=O) groups is 2. The average molecular weight is 717 g/mol.